The van der Waals surface area contributed by atoms with E-state index in [1.54, 1.807) is 0 Å². The molecule has 1 amide bonds. The van der Waals surface area contributed by atoms with Crippen LogP contribution in [0.1, 0.15) is 12.5 Å². The lowest BCUT2D eigenvalue weighted by Gasteiger charge is -2.31. The first kappa shape index (κ1) is 10.2. The van der Waals surface area contributed by atoms with E-state index in [4.69, 9.17) is 0 Å². The Kier molecular flexibility index (Phi) is 2.73. The number of piperazine rings is 1. The van der Waals surface area contributed by atoms with E-state index >= 15 is 0 Å². The third-order valence-electron chi connectivity index (χ3n) is 2.74. The number of hydrogen-bond donors (Lipinski definition) is 1. The molecule has 3 nitrogen and oxygen atoms in total. The minimum atomic E-state index is -0.0701. The van der Waals surface area contributed by atoms with Crippen molar-refractivity contribution in [2.24, 2.45) is 0 Å². The van der Waals surface area contributed by atoms with Gasteiger partial charge in [0, 0.05) is 18.8 Å². The van der Waals surface area contributed by atoms with E-state index in [1.807, 2.05) is 36.9 Å². The lowest BCUT2D eigenvalue weighted by Crippen LogP contribution is -2.53. The van der Waals surface area contributed by atoms with Crippen LogP contribution in [0.2, 0.25) is 0 Å². The van der Waals surface area contributed by atoms with Crippen LogP contribution >= 0.6 is 0 Å². The predicted octanol–water partition coefficient (Wildman–Crippen LogP) is 1.32. The first-order chi connectivity index (χ1) is 7.18. The highest BCUT2D eigenvalue weighted by Gasteiger charge is 2.25. The van der Waals surface area contributed by atoms with Crippen molar-refractivity contribution in [3.05, 3.63) is 29.8 Å². The monoisotopic (exact) mass is 204 g/mol. The summed E-state index contributed by atoms with van der Waals surface area (Å²) < 4.78 is 0. The van der Waals surface area contributed by atoms with Gasteiger partial charge in [-0.25, -0.2) is 0 Å². The molecule has 1 aromatic rings. The molecule has 1 atom stereocenters. The Morgan fingerprint density at radius 2 is 2.27 bits per heavy atom. The van der Waals surface area contributed by atoms with Gasteiger partial charge in [0.1, 0.15) is 0 Å². The Morgan fingerprint density at radius 1 is 1.47 bits per heavy atom. The summed E-state index contributed by atoms with van der Waals surface area (Å²) in [6.45, 7) is 5.57. The van der Waals surface area contributed by atoms with Crippen molar-refractivity contribution in [2.45, 2.75) is 19.9 Å². The van der Waals surface area contributed by atoms with Crippen LogP contribution in [-0.4, -0.2) is 25.0 Å². The summed E-state index contributed by atoms with van der Waals surface area (Å²) in [5, 5.41) is 3.15. The smallest absolute Gasteiger partial charge is 0.243 e. The van der Waals surface area contributed by atoms with E-state index in [-0.39, 0.29) is 11.9 Å². The van der Waals surface area contributed by atoms with Crippen LogP contribution in [0.3, 0.4) is 0 Å². The van der Waals surface area contributed by atoms with Crippen LogP contribution in [0.15, 0.2) is 24.3 Å². The van der Waals surface area contributed by atoms with Gasteiger partial charge in [-0.2, -0.15) is 0 Å². The molecule has 80 valence electrons. The van der Waals surface area contributed by atoms with Crippen molar-refractivity contribution in [3.8, 4) is 0 Å². The molecule has 0 radical (unpaired) electrons. The van der Waals surface area contributed by atoms with E-state index in [2.05, 4.69) is 11.4 Å². The summed E-state index contributed by atoms with van der Waals surface area (Å²) >= 11 is 0. The molecule has 1 heterocycles. The maximum absolute atomic E-state index is 11.9. The van der Waals surface area contributed by atoms with Gasteiger partial charge in [-0.05, 0) is 31.5 Å². The summed E-state index contributed by atoms with van der Waals surface area (Å²) in [5.41, 5.74) is 2.19. The highest BCUT2D eigenvalue weighted by Crippen LogP contribution is 2.18. The van der Waals surface area contributed by atoms with Crippen molar-refractivity contribution in [2.75, 3.05) is 18.0 Å². The molecule has 0 aliphatic carbocycles. The van der Waals surface area contributed by atoms with Gasteiger partial charge in [-0.1, -0.05) is 12.1 Å². The van der Waals surface area contributed by atoms with Crippen LogP contribution in [-0.2, 0) is 4.79 Å². The predicted molar refractivity (Wildman–Crippen MR) is 61.0 cm³/mol. The molecule has 1 saturated heterocycles. The second-order valence-electron chi connectivity index (χ2n) is 4.00. The molecule has 1 aliphatic heterocycles. The fraction of sp³-hybridized carbons (Fsp3) is 0.417. The number of nitrogens with one attached hydrogen (secondary N) is 1. The molecule has 1 fully saturated rings. The molecular formula is C12H16N2O. The van der Waals surface area contributed by atoms with Crippen LogP contribution in [0.25, 0.3) is 0 Å². The van der Waals surface area contributed by atoms with Crippen LogP contribution in [0.4, 0.5) is 5.69 Å². The zero-order chi connectivity index (χ0) is 10.8. The number of amides is 1. The molecule has 0 spiro atoms. The van der Waals surface area contributed by atoms with Gasteiger partial charge in [0.05, 0.1) is 6.04 Å². The number of carbonyl (C=O) groups excluding carboxylic acids is 1. The Balaban J connectivity index is 2.26. The molecule has 1 N–H and O–H groups in total. The minimum absolute atomic E-state index is 0.0701. The molecule has 1 unspecified atom stereocenters. The van der Waals surface area contributed by atoms with E-state index in [1.165, 1.54) is 5.56 Å². The molecule has 1 aliphatic rings. The lowest BCUT2D eigenvalue weighted by atomic mass is 10.1. The second-order valence-corrected chi connectivity index (χ2v) is 4.00. The van der Waals surface area contributed by atoms with Gasteiger partial charge in [-0.15, -0.1) is 0 Å². The Hall–Kier alpha value is -1.35. The Bertz CT molecular complexity index is 376. The number of benzene rings is 1. The quantitative estimate of drug-likeness (QED) is 0.748. The van der Waals surface area contributed by atoms with E-state index in [0.717, 1.165) is 18.8 Å². The van der Waals surface area contributed by atoms with Gasteiger partial charge >= 0.3 is 0 Å². The lowest BCUT2D eigenvalue weighted by molar-refractivity contribution is -0.121. The number of aryl methyl sites for hydroxylation is 1. The molecule has 0 saturated carbocycles. The zero-order valence-electron chi connectivity index (χ0n) is 9.16. The number of hydrogen-bond acceptors (Lipinski definition) is 2. The summed E-state index contributed by atoms with van der Waals surface area (Å²) in [4.78, 5) is 13.8. The Morgan fingerprint density at radius 3 is 3.00 bits per heavy atom. The summed E-state index contributed by atoms with van der Waals surface area (Å²) in [6.07, 6.45) is 0. The molecule has 2 rings (SSSR count). The first-order valence-electron chi connectivity index (χ1n) is 5.30. The number of rotatable bonds is 1. The summed E-state index contributed by atoms with van der Waals surface area (Å²) in [5.74, 6) is 0.159. The maximum Gasteiger partial charge on any atom is 0.243 e. The molecule has 3 heteroatoms. The normalized spacial score (nSPS) is 21.9. The Labute approximate surface area is 90.1 Å². The topological polar surface area (TPSA) is 32.3 Å². The first-order valence-corrected chi connectivity index (χ1v) is 5.30. The standard InChI is InChI=1S/C12H16N2O/c1-9-4-3-5-11(8-9)14-7-6-13-10(2)12(14)15/h3-5,8,10,13H,6-7H2,1-2H3. The van der Waals surface area contributed by atoms with Crippen LogP contribution < -0.4 is 10.2 Å². The average molecular weight is 204 g/mol. The maximum atomic E-state index is 11.9. The SMILES string of the molecule is Cc1cccc(N2CCNC(C)C2=O)c1. The van der Waals surface area contributed by atoms with Gasteiger partial charge < -0.3 is 10.2 Å². The summed E-state index contributed by atoms with van der Waals surface area (Å²) in [6, 6.07) is 8.00. The van der Waals surface area contributed by atoms with Crippen molar-refractivity contribution in [1.29, 1.82) is 0 Å². The fourth-order valence-electron chi connectivity index (χ4n) is 1.88. The fourth-order valence-corrected chi connectivity index (χ4v) is 1.88. The van der Waals surface area contributed by atoms with E-state index in [0.29, 0.717) is 0 Å². The second kappa shape index (κ2) is 4.03. The largest absolute Gasteiger partial charge is 0.310 e. The van der Waals surface area contributed by atoms with Gasteiger partial charge in [0.25, 0.3) is 0 Å². The van der Waals surface area contributed by atoms with Crippen LogP contribution in [0.5, 0.6) is 0 Å². The number of anilines is 1. The van der Waals surface area contributed by atoms with E-state index in [9.17, 15) is 4.79 Å². The minimum Gasteiger partial charge on any atom is -0.310 e. The van der Waals surface area contributed by atoms with Gasteiger partial charge in [0.2, 0.25) is 5.91 Å². The highest BCUT2D eigenvalue weighted by atomic mass is 16.2. The molecule has 0 bridgehead atoms. The van der Waals surface area contributed by atoms with Crippen LogP contribution in [0, 0.1) is 6.92 Å². The third kappa shape index (κ3) is 2.02. The van der Waals surface area contributed by atoms with Crippen molar-refractivity contribution in [3.63, 3.8) is 0 Å². The van der Waals surface area contributed by atoms with Crippen molar-refractivity contribution < 1.29 is 4.79 Å². The summed E-state index contributed by atoms with van der Waals surface area (Å²) in [7, 11) is 0. The third-order valence-corrected chi connectivity index (χ3v) is 2.74. The highest BCUT2D eigenvalue weighted by molar-refractivity contribution is 5.97. The van der Waals surface area contributed by atoms with Gasteiger partial charge in [0.15, 0.2) is 0 Å². The van der Waals surface area contributed by atoms with E-state index < -0.39 is 0 Å². The molecular weight excluding hydrogens is 188 g/mol. The van der Waals surface area contributed by atoms with Gasteiger partial charge in [-0.3, -0.25) is 4.79 Å². The zero-order valence-corrected chi connectivity index (χ0v) is 9.16. The number of nitrogens with zero attached hydrogens (tertiary/aromatic N) is 1. The van der Waals surface area contributed by atoms with Crippen molar-refractivity contribution >= 4 is 11.6 Å². The molecule has 1 aromatic carbocycles. The molecule has 15 heavy (non-hydrogen) atoms. The number of carbonyl (C=O) groups is 1. The molecule has 0 aromatic heterocycles. The van der Waals surface area contributed by atoms with Crippen molar-refractivity contribution in [1.82, 2.24) is 5.32 Å². The average Bonchev–Trinajstić information content (AvgIpc) is 2.22.